The minimum atomic E-state index is -0.475. The van der Waals surface area contributed by atoms with Crippen molar-refractivity contribution >= 4 is 17.5 Å². The normalized spacial score (nSPS) is 19.6. The van der Waals surface area contributed by atoms with E-state index in [9.17, 15) is 14.0 Å². The van der Waals surface area contributed by atoms with Crippen LogP contribution in [0.15, 0.2) is 23.0 Å². The molecule has 9 heteroatoms. The van der Waals surface area contributed by atoms with Gasteiger partial charge < -0.3 is 4.90 Å². The van der Waals surface area contributed by atoms with Crippen LogP contribution in [-0.2, 0) is 17.9 Å². The Labute approximate surface area is 186 Å². The Hall–Kier alpha value is -2.19. The number of aromatic nitrogens is 3. The molecule has 0 N–H and O–H groups in total. The van der Waals surface area contributed by atoms with Gasteiger partial charge in [-0.2, -0.15) is 5.10 Å². The molecule has 2 aromatic rings. The lowest BCUT2D eigenvalue weighted by Crippen LogP contribution is -2.51. The van der Waals surface area contributed by atoms with Gasteiger partial charge in [0.2, 0.25) is 5.91 Å². The van der Waals surface area contributed by atoms with Crippen molar-refractivity contribution in [1.82, 2.24) is 24.1 Å². The Balaban J connectivity index is 1.53. The predicted octanol–water partition coefficient (Wildman–Crippen LogP) is 2.56. The van der Waals surface area contributed by atoms with Gasteiger partial charge in [0.1, 0.15) is 11.6 Å². The van der Waals surface area contributed by atoms with Gasteiger partial charge >= 0.3 is 5.69 Å². The number of rotatable bonds is 5. The third-order valence-corrected chi connectivity index (χ3v) is 6.47. The van der Waals surface area contributed by atoms with E-state index in [1.54, 1.807) is 10.6 Å². The van der Waals surface area contributed by atoms with Gasteiger partial charge in [-0.15, -0.1) is 0 Å². The van der Waals surface area contributed by atoms with Crippen molar-refractivity contribution < 1.29 is 9.18 Å². The molecule has 0 saturated carbocycles. The van der Waals surface area contributed by atoms with Gasteiger partial charge in [-0.25, -0.2) is 13.9 Å². The van der Waals surface area contributed by atoms with Crippen molar-refractivity contribution in [3.8, 4) is 0 Å². The predicted molar refractivity (Wildman–Crippen MR) is 117 cm³/mol. The first-order valence-corrected chi connectivity index (χ1v) is 11.3. The summed E-state index contributed by atoms with van der Waals surface area (Å²) in [6.45, 7) is 9.01. The second-order valence-corrected chi connectivity index (χ2v) is 9.27. The van der Waals surface area contributed by atoms with E-state index in [2.05, 4.69) is 23.8 Å². The number of benzene rings is 1. The Morgan fingerprint density at radius 3 is 2.65 bits per heavy atom. The number of carbonyl (C=O) groups is 1. The van der Waals surface area contributed by atoms with E-state index in [0.29, 0.717) is 37.8 Å². The fraction of sp³-hybridized carbons (Fsp3) is 0.591. The van der Waals surface area contributed by atoms with Gasteiger partial charge in [0, 0.05) is 49.9 Å². The molecule has 3 heterocycles. The van der Waals surface area contributed by atoms with Crippen LogP contribution in [0, 0.1) is 11.7 Å². The van der Waals surface area contributed by atoms with E-state index >= 15 is 0 Å². The smallest absolute Gasteiger partial charge is 0.339 e. The highest BCUT2D eigenvalue weighted by Gasteiger charge is 2.35. The molecule has 1 atom stereocenters. The van der Waals surface area contributed by atoms with Gasteiger partial charge in [-0.05, 0) is 30.9 Å². The van der Waals surface area contributed by atoms with Gasteiger partial charge in [0.15, 0.2) is 0 Å². The number of halogens is 2. The zero-order chi connectivity index (χ0) is 22.1. The number of amides is 1. The molecule has 1 aromatic carbocycles. The molecule has 168 valence electrons. The average molecular weight is 450 g/mol. The van der Waals surface area contributed by atoms with Crippen molar-refractivity contribution in [2.75, 3.05) is 32.7 Å². The number of nitrogens with zero attached hydrogens (tertiary/aromatic N) is 5. The molecule has 1 saturated heterocycles. The molecule has 0 spiro atoms. The third kappa shape index (κ3) is 4.55. The Kier molecular flexibility index (Phi) is 6.48. The monoisotopic (exact) mass is 449 g/mol. The minimum absolute atomic E-state index is 0.0335. The fourth-order valence-corrected chi connectivity index (χ4v) is 4.79. The molecule has 2 aliphatic heterocycles. The lowest BCUT2D eigenvalue weighted by molar-refractivity contribution is -0.135. The van der Waals surface area contributed by atoms with Crippen LogP contribution in [0.3, 0.4) is 0 Å². The van der Waals surface area contributed by atoms with Gasteiger partial charge in [-0.3, -0.25) is 14.3 Å². The van der Waals surface area contributed by atoms with E-state index in [4.69, 9.17) is 11.6 Å². The molecule has 0 bridgehead atoms. The first-order chi connectivity index (χ1) is 14.8. The van der Waals surface area contributed by atoms with Crippen LogP contribution in [0.1, 0.15) is 44.0 Å². The lowest BCUT2D eigenvalue weighted by Gasteiger charge is -2.37. The highest BCUT2D eigenvalue weighted by Crippen LogP contribution is 2.28. The van der Waals surface area contributed by atoms with Gasteiger partial charge in [0.05, 0.1) is 12.5 Å². The number of fused-ring (bicyclic) bond motifs is 1. The molecule has 1 fully saturated rings. The molecule has 1 unspecified atom stereocenters. The van der Waals surface area contributed by atoms with E-state index in [-0.39, 0.29) is 28.7 Å². The first kappa shape index (κ1) is 22.0. The standard InChI is InChI=1S/C22H29ClFN5O2/c1-15(2)13-26-9-11-27(12-10-26)21(30)16-5-4-8-28-20(16)25-29(22(28)31)14-17-18(23)6-3-7-19(17)24/h3,6-7,15-16H,4-5,8-14H2,1-2H3. The summed E-state index contributed by atoms with van der Waals surface area (Å²) < 4.78 is 17.0. The first-order valence-electron chi connectivity index (χ1n) is 11.0. The number of hydrogen-bond donors (Lipinski definition) is 0. The van der Waals surface area contributed by atoms with Crippen LogP contribution in [0.2, 0.25) is 5.02 Å². The minimum Gasteiger partial charge on any atom is -0.339 e. The number of carbonyl (C=O) groups excluding carboxylic acids is 1. The van der Waals surface area contributed by atoms with E-state index in [1.807, 2.05) is 4.90 Å². The van der Waals surface area contributed by atoms with Crippen LogP contribution in [0.25, 0.3) is 0 Å². The zero-order valence-corrected chi connectivity index (χ0v) is 18.8. The second-order valence-electron chi connectivity index (χ2n) is 8.86. The summed E-state index contributed by atoms with van der Waals surface area (Å²) in [7, 11) is 0. The molecule has 2 aliphatic rings. The van der Waals surface area contributed by atoms with Gasteiger partial charge in [0.25, 0.3) is 0 Å². The Morgan fingerprint density at radius 1 is 1.23 bits per heavy atom. The van der Waals surface area contributed by atoms with Crippen molar-refractivity contribution in [3.63, 3.8) is 0 Å². The van der Waals surface area contributed by atoms with Crippen molar-refractivity contribution in [2.45, 2.75) is 45.7 Å². The summed E-state index contributed by atoms with van der Waals surface area (Å²) in [6, 6.07) is 4.43. The van der Waals surface area contributed by atoms with Gasteiger partial charge in [-0.1, -0.05) is 31.5 Å². The Morgan fingerprint density at radius 2 is 1.97 bits per heavy atom. The quantitative estimate of drug-likeness (QED) is 0.703. The maximum absolute atomic E-state index is 14.2. The Bertz CT molecular complexity index is 990. The molecule has 0 radical (unpaired) electrons. The SMILES string of the molecule is CC(C)CN1CCN(C(=O)C2CCCn3c2nn(Cc2c(F)cccc2Cl)c3=O)CC1. The molecule has 4 rings (SSSR count). The third-order valence-electron chi connectivity index (χ3n) is 6.11. The summed E-state index contributed by atoms with van der Waals surface area (Å²) in [5, 5.41) is 4.72. The molecular formula is C22H29ClFN5O2. The largest absolute Gasteiger partial charge is 0.346 e. The van der Waals surface area contributed by atoms with E-state index in [1.165, 1.54) is 16.8 Å². The molecule has 0 aliphatic carbocycles. The molecule has 7 nitrogen and oxygen atoms in total. The molecular weight excluding hydrogens is 421 g/mol. The van der Waals surface area contributed by atoms with Crippen LogP contribution >= 0.6 is 11.6 Å². The molecule has 31 heavy (non-hydrogen) atoms. The summed E-state index contributed by atoms with van der Waals surface area (Å²) in [5.41, 5.74) is -0.0977. The fourth-order valence-electron chi connectivity index (χ4n) is 4.57. The summed E-state index contributed by atoms with van der Waals surface area (Å²) in [5.74, 6) is 0.208. The molecule has 1 amide bonds. The maximum Gasteiger partial charge on any atom is 0.346 e. The highest BCUT2D eigenvalue weighted by atomic mass is 35.5. The summed E-state index contributed by atoms with van der Waals surface area (Å²) in [4.78, 5) is 30.5. The van der Waals surface area contributed by atoms with Crippen LogP contribution in [-0.4, -0.2) is 62.8 Å². The van der Waals surface area contributed by atoms with Crippen LogP contribution < -0.4 is 5.69 Å². The summed E-state index contributed by atoms with van der Waals surface area (Å²) in [6.07, 6.45) is 1.41. The van der Waals surface area contributed by atoms with E-state index < -0.39 is 11.7 Å². The van der Waals surface area contributed by atoms with Crippen molar-refractivity contribution in [1.29, 1.82) is 0 Å². The maximum atomic E-state index is 14.2. The second kappa shape index (κ2) is 9.12. The highest BCUT2D eigenvalue weighted by molar-refractivity contribution is 6.31. The van der Waals surface area contributed by atoms with Crippen molar-refractivity contribution in [2.24, 2.45) is 5.92 Å². The van der Waals surface area contributed by atoms with E-state index in [0.717, 1.165) is 26.1 Å². The van der Waals surface area contributed by atoms with Crippen LogP contribution in [0.5, 0.6) is 0 Å². The van der Waals surface area contributed by atoms with Crippen molar-refractivity contribution in [3.05, 3.63) is 50.9 Å². The lowest BCUT2D eigenvalue weighted by atomic mass is 9.97. The number of hydrogen-bond acceptors (Lipinski definition) is 4. The zero-order valence-electron chi connectivity index (χ0n) is 18.1. The average Bonchev–Trinajstić information content (AvgIpc) is 3.06. The number of piperazine rings is 1. The summed E-state index contributed by atoms with van der Waals surface area (Å²) >= 11 is 6.13. The van der Waals surface area contributed by atoms with Crippen LogP contribution in [0.4, 0.5) is 4.39 Å². The molecule has 1 aromatic heterocycles. The topological polar surface area (TPSA) is 63.4 Å².